The molecule has 1 aromatic rings. The van der Waals surface area contributed by atoms with Gasteiger partial charge in [-0.2, -0.15) is 0 Å². The molecule has 0 aliphatic carbocycles. The van der Waals surface area contributed by atoms with Crippen molar-refractivity contribution >= 4 is 0 Å². The number of halogens is 1. The molecule has 1 nitrogen and oxygen atoms in total. The monoisotopic (exact) mass is 235 g/mol. The lowest BCUT2D eigenvalue weighted by Gasteiger charge is -2.14. The van der Waals surface area contributed by atoms with Crippen LogP contribution in [-0.2, 0) is 6.42 Å². The van der Waals surface area contributed by atoms with Crippen LogP contribution in [0.2, 0.25) is 0 Å². The van der Waals surface area contributed by atoms with E-state index in [4.69, 9.17) is 0 Å². The maximum absolute atomic E-state index is 13.2. The molecule has 1 unspecified atom stereocenters. The zero-order chi connectivity index (χ0) is 12.1. The van der Waals surface area contributed by atoms with Crippen molar-refractivity contribution in [2.75, 3.05) is 13.1 Å². The minimum absolute atomic E-state index is 0.104. The van der Waals surface area contributed by atoms with Gasteiger partial charge in [-0.25, -0.2) is 4.39 Å². The van der Waals surface area contributed by atoms with Gasteiger partial charge in [0.05, 0.1) is 0 Å². The summed E-state index contributed by atoms with van der Waals surface area (Å²) in [5.41, 5.74) is 2.40. The first-order valence-electron chi connectivity index (χ1n) is 6.71. The Hall–Kier alpha value is -0.890. The normalized spacial score (nSPS) is 21.2. The topological polar surface area (TPSA) is 12.0 Å². The van der Waals surface area contributed by atoms with E-state index in [1.54, 1.807) is 12.1 Å². The molecule has 1 atom stereocenters. The zero-order valence-corrected chi connectivity index (χ0v) is 10.6. The fourth-order valence-electron chi connectivity index (χ4n) is 2.65. The average Bonchev–Trinajstić information content (AvgIpc) is 2.59. The molecule has 1 heterocycles. The van der Waals surface area contributed by atoms with Crippen LogP contribution in [0.25, 0.3) is 0 Å². The van der Waals surface area contributed by atoms with Gasteiger partial charge < -0.3 is 5.32 Å². The Labute approximate surface area is 103 Å². The van der Waals surface area contributed by atoms with E-state index in [1.807, 2.05) is 6.07 Å². The number of nitrogens with one attached hydrogen (secondary N) is 1. The largest absolute Gasteiger partial charge is 0.317 e. The van der Waals surface area contributed by atoms with E-state index in [0.29, 0.717) is 0 Å². The third kappa shape index (κ3) is 3.81. The van der Waals surface area contributed by atoms with Gasteiger partial charge in [0.1, 0.15) is 5.82 Å². The van der Waals surface area contributed by atoms with Crippen molar-refractivity contribution in [3.63, 3.8) is 0 Å². The van der Waals surface area contributed by atoms with E-state index in [0.717, 1.165) is 25.4 Å². The molecule has 94 valence electrons. The van der Waals surface area contributed by atoms with Crippen LogP contribution in [0.1, 0.15) is 36.8 Å². The second-order valence-corrected chi connectivity index (χ2v) is 5.16. The van der Waals surface area contributed by atoms with Crippen LogP contribution in [0.5, 0.6) is 0 Å². The Kier molecular flexibility index (Phi) is 4.55. The lowest BCUT2D eigenvalue weighted by atomic mass is 9.92. The lowest BCUT2D eigenvalue weighted by molar-refractivity contribution is 0.438. The molecule has 1 N–H and O–H groups in total. The second-order valence-electron chi connectivity index (χ2n) is 5.16. The summed E-state index contributed by atoms with van der Waals surface area (Å²) in [7, 11) is 0. The van der Waals surface area contributed by atoms with Gasteiger partial charge in [0.15, 0.2) is 0 Å². The van der Waals surface area contributed by atoms with Gasteiger partial charge >= 0.3 is 0 Å². The average molecular weight is 235 g/mol. The number of hydrogen-bond acceptors (Lipinski definition) is 1. The predicted octanol–water partition coefficient (Wildman–Crippen LogP) is 3.46. The van der Waals surface area contributed by atoms with Gasteiger partial charge in [-0.3, -0.25) is 0 Å². The zero-order valence-electron chi connectivity index (χ0n) is 10.6. The molecule has 0 bridgehead atoms. The number of hydrogen-bond donors (Lipinski definition) is 1. The summed E-state index contributed by atoms with van der Waals surface area (Å²) >= 11 is 0. The first-order chi connectivity index (χ1) is 8.25. The van der Waals surface area contributed by atoms with Crippen LogP contribution < -0.4 is 5.32 Å². The van der Waals surface area contributed by atoms with Gasteiger partial charge in [-0.05, 0) is 81.3 Å². The minimum Gasteiger partial charge on any atom is -0.317 e. The van der Waals surface area contributed by atoms with Crippen molar-refractivity contribution in [3.8, 4) is 0 Å². The fourth-order valence-corrected chi connectivity index (χ4v) is 2.65. The van der Waals surface area contributed by atoms with Crippen LogP contribution >= 0.6 is 0 Å². The molecule has 0 amide bonds. The SMILES string of the molecule is Cc1ccc(F)cc1CCC1CCCNCC1. The van der Waals surface area contributed by atoms with Crippen LogP contribution in [0, 0.1) is 18.7 Å². The lowest BCUT2D eigenvalue weighted by Crippen LogP contribution is -2.14. The van der Waals surface area contributed by atoms with E-state index >= 15 is 0 Å². The van der Waals surface area contributed by atoms with Crippen molar-refractivity contribution in [2.24, 2.45) is 5.92 Å². The summed E-state index contributed by atoms with van der Waals surface area (Å²) in [4.78, 5) is 0. The standard InChI is InChI=1S/C15H22FN/c1-12-4-7-15(16)11-14(12)6-5-13-3-2-9-17-10-8-13/h4,7,11,13,17H,2-3,5-6,8-10H2,1H3. The highest BCUT2D eigenvalue weighted by Crippen LogP contribution is 2.21. The number of rotatable bonds is 3. The summed E-state index contributed by atoms with van der Waals surface area (Å²) in [5, 5.41) is 3.44. The van der Waals surface area contributed by atoms with E-state index in [2.05, 4.69) is 12.2 Å². The maximum Gasteiger partial charge on any atom is 0.123 e. The summed E-state index contributed by atoms with van der Waals surface area (Å²) in [6.45, 7) is 4.38. The summed E-state index contributed by atoms with van der Waals surface area (Å²) in [5.74, 6) is 0.709. The maximum atomic E-state index is 13.2. The molecule has 2 rings (SSSR count). The van der Waals surface area contributed by atoms with Crippen molar-refractivity contribution in [3.05, 3.63) is 35.1 Å². The molecular formula is C15H22FN. The third-order valence-electron chi connectivity index (χ3n) is 3.83. The van der Waals surface area contributed by atoms with E-state index in [-0.39, 0.29) is 5.82 Å². The molecule has 1 aliphatic heterocycles. The van der Waals surface area contributed by atoms with Gasteiger partial charge in [0.25, 0.3) is 0 Å². The van der Waals surface area contributed by atoms with Gasteiger partial charge in [-0.15, -0.1) is 0 Å². The highest BCUT2D eigenvalue weighted by molar-refractivity contribution is 5.26. The Morgan fingerprint density at radius 3 is 3.06 bits per heavy atom. The van der Waals surface area contributed by atoms with Gasteiger partial charge in [-0.1, -0.05) is 6.07 Å². The minimum atomic E-state index is -0.104. The quantitative estimate of drug-likeness (QED) is 0.846. The molecule has 0 aromatic heterocycles. The highest BCUT2D eigenvalue weighted by Gasteiger charge is 2.12. The molecule has 1 saturated heterocycles. The summed E-state index contributed by atoms with van der Waals surface area (Å²) in [6, 6.07) is 5.14. The molecule has 0 radical (unpaired) electrons. The Morgan fingerprint density at radius 1 is 1.29 bits per heavy atom. The molecule has 1 aliphatic rings. The van der Waals surface area contributed by atoms with Crippen molar-refractivity contribution in [1.82, 2.24) is 5.32 Å². The molecule has 1 aromatic carbocycles. The molecule has 1 fully saturated rings. The van der Waals surface area contributed by atoms with Crippen LogP contribution in [0.4, 0.5) is 4.39 Å². The highest BCUT2D eigenvalue weighted by atomic mass is 19.1. The number of aryl methyl sites for hydroxylation is 2. The van der Waals surface area contributed by atoms with Gasteiger partial charge in [0, 0.05) is 0 Å². The molecule has 0 spiro atoms. The molecule has 2 heteroatoms. The van der Waals surface area contributed by atoms with Crippen LogP contribution in [0.3, 0.4) is 0 Å². The second kappa shape index (κ2) is 6.15. The summed E-state index contributed by atoms with van der Waals surface area (Å²) < 4.78 is 13.2. The molecule has 0 saturated carbocycles. The van der Waals surface area contributed by atoms with Gasteiger partial charge in [0.2, 0.25) is 0 Å². The first kappa shape index (κ1) is 12.6. The smallest absolute Gasteiger partial charge is 0.123 e. The molecular weight excluding hydrogens is 213 g/mol. The summed E-state index contributed by atoms with van der Waals surface area (Å²) in [6.07, 6.45) is 6.10. The predicted molar refractivity (Wildman–Crippen MR) is 69.7 cm³/mol. The Morgan fingerprint density at radius 2 is 2.18 bits per heavy atom. The van der Waals surface area contributed by atoms with Crippen molar-refractivity contribution in [2.45, 2.75) is 39.0 Å². The van der Waals surface area contributed by atoms with Crippen LogP contribution in [0.15, 0.2) is 18.2 Å². The van der Waals surface area contributed by atoms with Crippen molar-refractivity contribution < 1.29 is 4.39 Å². The number of benzene rings is 1. The van der Waals surface area contributed by atoms with E-state index in [9.17, 15) is 4.39 Å². The van der Waals surface area contributed by atoms with E-state index < -0.39 is 0 Å². The third-order valence-corrected chi connectivity index (χ3v) is 3.83. The van der Waals surface area contributed by atoms with E-state index in [1.165, 1.54) is 36.8 Å². The molecule has 17 heavy (non-hydrogen) atoms. The Bertz CT molecular complexity index is 354. The Balaban J connectivity index is 1.89. The van der Waals surface area contributed by atoms with Crippen LogP contribution in [-0.4, -0.2) is 13.1 Å². The van der Waals surface area contributed by atoms with Crippen molar-refractivity contribution in [1.29, 1.82) is 0 Å². The first-order valence-corrected chi connectivity index (χ1v) is 6.71. The fraction of sp³-hybridized carbons (Fsp3) is 0.600.